The van der Waals surface area contributed by atoms with Gasteiger partial charge in [0.25, 0.3) is 11.6 Å². The van der Waals surface area contributed by atoms with Gasteiger partial charge in [0.2, 0.25) is 0 Å². The van der Waals surface area contributed by atoms with E-state index in [-0.39, 0.29) is 17.0 Å². The topological polar surface area (TPSA) is 81.5 Å². The van der Waals surface area contributed by atoms with Gasteiger partial charge in [-0.3, -0.25) is 14.9 Å². The number of ether oxygens (including phenoxy) is 1. The van der Waals surface area contributed by atoms with Gasteiger partial charge in [0, 0.05) is 12.6 Å². The smallest absolute Gasteiger partial charge is 0.285 e. The highest BCUT2D eigenvalue weighted by atomic mass is 16.6. The molecule has 0 radical (unpaired) electrons. The molecule has 0 fully saturated rings. The molecule has 6 heteroatoms. The molecule has 0 saturated heterocycles. The Morgan fingerprint density at radius 2 is 2.32 bits per heavy atom. The van der Waals surface area contributed by atoms with Crippen molar-refractivity contribution in [3.8, 4) is 5.75 Å². The summed E-state index contributed by atoms with van der Waals surface area (Å²) >= 11 is 0. The minimum atomic E-state index is -0.592. The van der Waals surface area contributed by atoms with E-state index in [2.05, 4.69) is 11.9 Å². The van der Waals surface area contributed by atoms with Gasteiger partial charge in [-0.05, 0) is 19.4 Å². The average molecular weight is 264 g/mol. The summed E-state index contributed by atoms with van der Waals surface area (Å²) < 4.78 is 5.27. The Morgan fingerprint density at radius 1 is 1.58 bits per heavy atom. The van der Waals surface area contributed by atoms with Gasteiger partial charge in [-0.15, -0.1) is 6.58 Å². The molecule has 0 heterocycles. The first-order valence-electron chi connectivity index (χ1n) is 5.91. The number of carbonyl (C=O) groups is 1. The van der Waals surface area contributed by atoms with Gasteiger partial charge in [-0.2, -0.15) is 0 Å². The zero-order chi connectivity index (χ0) is 14.3. The van der Waals surface area contributed by atoms with Crippen LogP contribution in [0.15, 0.2) is 30.9 Å². The van der Waals surface area contributed by atoms with Gasteiger partial charge < -0.3 is 10.1 Å². The summed E-state index contributed by atoms with van der Waals surface area (Å²) in [5.74, 6) is -0.301. The summed E-state index contributed by atoms with van der Waals surface area (Å²) in [5.41, 5.74) is -0.305. The number of nitro groups is 1. The first-order chi connectivity index (χ1) is 9.11. The Kier molecular flexibility index (Phi) is 5.53. The van der Waals surface area contributed by atoms with Crippen LogP contribution < -0.4 is 10.1 Å². The number of amides is 1. The zero-order valence-electron chi connectivity index (χ0n) is 10.7. The van der Waals surface area contributed by atoms with Crippen molar-refractivity contribution in [2.75, 3.05) is 13.2 Å². The lowest BCUT2D eigenvalue weighted by molar-refractivity contribution is -0.385. The van der Waals surface area contributed by atoms with Crippen LogP contribution in [0.3, 0.4) is 0 Å². The Bertz CT molecular complexity index is 486. The molecule has 0 unspecified atom stereocenters. The highest BCUT2D eigenvalue weighted by Crippen LogP contribution is 2.28. The second kappa shape index (κ2) is 7.15. The minimum Gasteiger partial charge on any atom is -0.493 e. The molecule has 1 rings (SSSR count). The molecule has 0 aliphatic rings. The molecule has 0 aromatic heterocycles. The summed E-state index contributed by atoms with van der Waals surface area (Å²) in [6, 6.07) is 4.31. The third-order valence-electron chi connectivity index (χ3n) is 2.36. The normalized spacial score (nSPS) is 9.74. The van der Waals surface area contributed by atoms with Gasteiger partial charge >= 0.3 is 0 Å². The number of nitro benzene ring substituents is 1. The van der Waals surface area contributed by atoms with Crippen LogP contribution in [0.25, 0.3) is 0 Å². The lowest BCUT2D eigenvalue weighted by Gasteiger charge is -2.10. The molecular weight excluding hydrogens is 248 g/mol. The van der Waals surface area contributed by atoms with Crippen LogP contribution in [0.1, 0.15) is 23.7 Å². The maximum absolute atomic E-state index is 12.0. The van der Waals surface area contributed by atoms with Crippen molar-refractivity contribution in [1.29, 1.82) is 0 Å². The lowest BCUT2D eigenvalue weighted by atomic mass is 10.1. The van der Waals surface area contributed by atoms with E-state index in [1.54, 1.807) is 19.1 Å². The molecule has 19 heavy (non-hydrogen) atoms. The third-order valence-corrected chi connectivity index (χ3v) is 2.36. The highest BCUT2D eigenvalue weighted by Gasteiger charge is 2.24. The number of nitrogens with zero attached hydrogens (tertiary/aromatic N) is 1. The van der Waals surface area contributed by atoms with E-state index in [9.17, 15) is 14.9 Å². The first-order valence-corrected chi connectivity index (χ1v) is 5.91. The standard InChI is InChI=1S/C13H16N2O4/c1-3-5-9-14-13(16)12-10(15(17)18)7-6-8-11(12)19-4-2/h3,6-8H,1,4-5,9H2,2H3,(H,14,16). The summed E-state index contributed by atoms with van der Waals surface area (Å²) in [6.07, 6.45) is 2.25. The molecule has 102 valence electrons. The van der Waals surface area contributed by atoms with Gasteiger partial charge in [0.15, 0.2) is 5.56 Å². The maximum Gasteiger partial charge on any atom is 0.285 e. The fourth-order valence-electron chi connectivity index (χ4n) is 1.55. The second-order valence-corrected chi connectivity index (χ2v) is 3.67. The summed E-state index contributed by atoms with van der Waals surface area (Å²) in [7, 11) is 0. The molecule has 0 saturated carbocycles. The molecule has 0 bridgehead atoms. The minimum absolute atomic E-state index is 0.0431. The Hall–Kier alpha value is -2.37. The van der Waals surface area contributed by atoms with Crippen molar-refractivity contribution in [3.63, 3.8) is 0 Å². The number of benzene rings is 1. The molecular formula is C13H16N2O4. The van der Waals surface area contributed by atoms with Crippen LogP contribution in [0, 0.1) is 10.1 Å². The van der Waals surface area contributed by atoms with Gasteiger partial charge in [0.1, 0.15) is 5.75 Å². The monoisotopic (exact) mass is 264 g/mol. The lowest BCUT2D eigenvalue weighted by Crippen LogP contribution is -2.25. The van der Waals surface area contributed by atoms with Crippen LogP contribution in [0.4, 0.5) is 5.69 Å². The quantitative estimate of drug-likeness (QED) is 0.354. The third kappa shape index (κ3) is 3.80. The fraction of sp³-hybridized carbons (Fsp3) is 0.308. The van der Waals surface area contributed by atoms with Crippen LogP contribution >= 0.6 is 0 Å². The largest absolute Gasteiger partial charge is 0.493 e. The van der Waals surface area contributed by atoms with E-state index in [1.807, 2.05) is 0 Å². The van der Waals surface area contributed by atoms with Crippen molar-refractivity contribution in [2.45, 2.75) is 13.3 Å². The number of nitrogens with one attached hydrogen (secondary N) is 1. The van der Waals surface area contributed by atoms with Crippen molar-refractivity contribution < 1.29 is 14.5 Å². The van der Waals surface area contributed by atoms with E-state index >= 15 is 0 Å². The van der Waals surface area contributed by atoms with Crippen LogP contribution in [0.2, 0.25) is 0 Å². The number of hydrogen-bond donors (Lipinski definition) is 1. The van der Waals surface area contributed by atoms with Crippen LogP contribution in [-0.2, 0) is 0 Å². The van der Waals surface area contributed by atoms with E-state index in [0.717, 1.165) is 0 Å². The summed E-state index contributed by atoms with van der Waals surface area (Å²) in [6.45, 7) is 5.99. The van der Waals surface area contributed by atoms with Crippen molar-refractivity contribution >= 4 is 11.6 Å². The van der Waals surface area contributed by atoms with Gasteiger partial charge in [-0.25, -0.2) is 0 Å². The molecule has 0 spiro atoms. The van der Waals surface area contributed by atoms with Crippen LogP contribution in [-0.4, -0.2) is 24.0 Å². The SMILES string of the molecule is C=CCCNC(=O)c1c(OCC)cccc1[N+](=O)[O-]. The van der Waals surface area contributed by atoms with Crippen molar-refractivity contribution in [2.24, 2.45) is 0 Å². The number of carbonyl (C=O) groups excluding carboxylic acids is 1. The molecule has 6 nitrogen and oxygen atoms in total. The number of rotatable bonds is 7. The molecule has 0 aliphatic carbocycles. The molecule has 1 N–H and O–H groups in total. The molecule has 1 amide bonds. The fourth-order valence-corrected chi connectivity index (χ4v) is 1.55. The van der Waals surface area contributed by atoms with Gasteiger partial charge in [-0.1, -0.05) is 12.1 Å². The molecule has 0 atom stereocenters. The van der Waals surface area contributed by atoms with Crippen molar-refractivity contribution in [1.82, 2.24) is 5.32 Å². The second-order valence-electron chi connectivity index (χ2n) is 3.67. The zero-order valence-corrected chi connectivity index (χ0v) is 10.7. The molecule has 1 aromatic carbocycles. The van der Waals surface area contributed by atoms with Crippen LogP contribution in [0.5, 0.6) is 5.75 Å². The predicted molar refractivity (Wildman–Crippen MR) is 71.4 cm³/mol. The van der Waals surface area contributed by atoms with E-state index in [1.165, 1.54) is 12.1 Å². The predicted octanol–water partition coefficient (Wildman–Crippen LogP) is 2.30. The maximum atomic E-state index is 12.0. The van der Waals surface area contributed by atoms with E-state index < -0.39 is 10.8 Å². The molecule has 1 aromatic rings. The first kappa shape index (κ1) is 14.7. The Balaban J connectivity index is 3.09. The average Bonchev–Trinajstić information content (AvgIpc) is 2.39. The van der Waals surface area contributed by atoms with E-state index in [0.29, 0.717) is 19.6 Å². The molecule has 0 aliphatic heterocycles. The Morgan fingerprint density at radius 3 is 2.89 bits per heavy atom. The summed E-state index contributed by atoms with van der Waals surface area (Å²) in [5, 5.41) is 13.6. The summed E-state index contributed by atoms with van der Waals surface area (Å²) in [4.78, 5) is 22.4. The number of hydrogen-bond acceptors (Lipinski definition) is 4. The van der Waals surface area contributed by atoms with E-state index in [4.69, 9.17) is 4.74 Å². The highest BCUT2D eigenvalue weighted by molar-refractivity contribution is 6.00. The van der Waals surface area contributed by atoms with Crippen molar-refractivity contribution in [3.05, 3.63) is 46.5 Å². The van der Waals surface area contributed by atoms with Gasteiger partial charge in [0.05, 0.1) is 11.5 Å². The Labute approximate surface area is 111 Å².